The van der Waals surface area contributed by atoms with Gasteiger partial charge in [-0.1, -0.05) is 25.8 Å². The predicted octanol–water partition coefficient (Wildman–Crippen LogP) is 4.20. The van der Waals surface area contributed by atoms with Crippen molar-refractivity contribution in [2.75, 3.05) is 0 Å². The maximum Gasteiger partial charge on any atom is 0.326 e. The average molecular weight is 323 g/mol. The Bertz CT molecular complexity index is 978. The number of aromatic nitrogens is 2. The number of unbranched alkanes of at least 4 members (excludes halogenated alkanes) is 2. The van der Waals surface area contributed by atoms with Gasteiger partial charge in [-0.05, 0) is 47.9 Å². The molecule has 0 aliphatic heterocycles. The minimum atomic E-state index is -0.446. The van der Waals surface area contributed by atoms with Gasteiger partial charge in [0.1, 0.15) is 5.82 Å². The van der Waals surface area contributed by atoms with Crippen molar-refractivity contribution in [2.45, 2.75) is 32.7 Å². The molecule has 2 aromatic carbocycles. The molecule has 24 heavy (non-hydrogen) atoms. The number of benzene rings is 2. The van der Waals surface area contributed by atoms with Gasteiger partial charge in [0.2, 0.25) is 0 Å². The fourth-order valence-electron chi connectivity index (χ4n) is 2.90. The van der Waals surface area contributed by atoms with Crippen LogP contribution in [-0.4, -0.2) is 9.55 Å². The van der Waals surface area contributed by atoms with Crippen LogP contribution in [0.2, 0.25) is 0 Å². The SMILES string of the molecule is CCCCCn1c(=O)[nH]c2ccc(-c3cc(F)cc(C#N)c3)cc21. The molecule has 1 heterocycles. The zero-order valence-corrected chi connectivity index (χ0v) is 13.5. The first kappa shape index (κ1) is 16.0. The Labute approximate surface area is 139 Å². The Morgan fingerprint density at radius 1 is 1.17 bits per heavy atom. The summed E-state index contributed by atoms with van der Waals surface area (Å²) in [6, 6.07) is 11.7. The number of aryl methyl sites for hydroxylation is 1. The maximum absolute atomic E-state index is 13.7. The summed E-state index contributed by atoms with van der Waals surface area (Å²) in [5, 5.41) is 9.01. The van der Waals surface area contributed by atoms with Gasteiger partial charge in [-0.25, -0.2) is 9.18 Å². The largest absolute Gasteiger partial charge is 0.326 e. The Kier molecular flexibility index (Phi) is 4.48. The zero-order chi connectivity index (χ0) is 17.1. The van der Waals surface area contributed by atoms with E-state index in [1.165, 1.54) is 12.1 Å². The van der Waals surface area contributed by atoms with E-state index < -0.39 is 5.82 Å². The smallest absolute Gasteiger partial charge is 0.306 e. The summed E-state index contributed by atoms with van der Waals surface area (Å²) in [5.41, 5.74) is 3.12. The van der Waals surface area contributed by atoms with E-state index in [1.807, 2.05) is 24.3 Å². The summed E-state index contributed by atoms with van der Waals surface area (Å²) < 4.78 is 15.4. The molecule has 1 N–H and O–H groups in total. The van der Waals surface area contributed by atoms with Crippen LogP contribution < -0.4 is 5.69 Å². The number of fused-ring (bicyclic) bond motifs is 1. The second kappa shape index (κ2) is 6.71. The zero-order valence-electron chi connectivity index (χ0n) is 13.5. The van der Waals surface area contributed by atoms with Crippen molar-refractivity contribution in [1.82, 2.24) is 9.55 Å². The van der Waals surface area contributed by atoms with Gasteiger partial charge < -0.3 is 4.98 Å². The van der Waals surface area contributed by atoms with Gasteiger partial charge in [0, 0.05) is 6.54 Å². The molecular weight excluding hydrogens is 305 g/mol. The van der Waals surface area contributed by atoms with Crippen molar-refractivity contribution >= 4 is 11.0 Å². The number of H-pyrrole nitrogens is 1. The number of nitriles is 1. The fraction of sp³-hybridized carbons (Fsp3) is 0.263. The van der Waals surface area contributed by atoms with Crippen molar-refractivity contribution < 1.29 is 4.39 Å². The van der Waals surface area contributed by atoms with Gasteiger partial charge in [0.05, 0.1) is 22.7 Å². The first-order valence-corrected chi connectivity index (χ1v) is 8.06. The Balaban J connectivity index is 2.08. The molecular formula is C19H18FN3O. The van der Waals surface area contributed by atoms with E-state index in [0.717, 1.165) is 35.9 Å². The Hall–Kier alpha value is -2.87. The van der Waals surface area contributed by atoms with Crippen LogP contribution in [0.25, 0.3) is 22.2 Å². The number of imidazole rings is 1. The highest BCUT2D eigenvalue weighted by Crippen LogP contribution is 2.25. The quantitative estimate of drug-likeness (QED) is 0.715. The van der Waals surface area contributed by atoms with Gasteiger partial charge in [-0.2, -0.15) is 5.26 Å². The molecule has 1 aromatic heterocycles. The number of aromatic amines is 1. The molecule has 0 amide bonds. The summed E-state index contributed by atoms with van der Waals surface area (Å²) in [6.45, 7) is 2.77. The first-order chi connectivity index (χ1) is 11.6. The van der Waals surface area contributed by atoms with Gasteiger partial charge in [-0.3, -0.25) is 4.57 Å². The van der Waals surface area contributed by atoms with Gasteiger partial charge in [-0.15, -0.1) is 0 Å². The van der Waals surface area contributed by atoms with Crippen molar-refractivity contribution in [3.63, 3.8) is 0 Å². The van der Waals surface area contributed by atoms with Crippen LogP contribution >= 0.6 is 0 Å². The second-order valence-electron chi connectivity index (χ2n) is 5.86. The normalized spacial score (nSPS) is 10.9. The van der Waals surface area contributed by atoms with Crippen LogP contribution in [0.3, 0.4) is 0 Å². The van der Waals surface area contributed by atoms with Gasteiger partial charge in [0.25, 0.3) is 0 Å². The molecule has 122 valence electrons. The van der Waals surface area contributed by atoms with Gasteiger partial charge in [0.15, 0.2) is 0 Å². The summed E-state index contributed by atoms with van der Waals surface area (Å²) in [5.74, 6) is -0.446. The highest BCUT2D eigenvalue weighted by Gasteiger charge is 2.09. The number of nitrogens with one attached hydrogen (secondary N) is 1. The molecule has 0 atom stereocenters. The maximum atomic E-state index is 13.7. The fourth-order valence-corrected chi connectivity index (χ4v) is 2.90. The van der Waals surface area contributed by atoms with Crippen LogP contribution in [0, 0.1) is 17.1 Å². The lowest BCUT2D eigenvalue weighted by Gasteiger charge is -2.06. The van der Waals surface area contributed by atoms with Crippen molar-refractivity contribution in [2.24, 2.45) is 0 Å². The third-order valence-electron chi connectivity index (χ3n) is 4.12. The van der Waals surface area contributed by atoms with Crippen molar-refractivity contribution in [3.8, 4) is 17.2 Å². The molecule has 3 rings (SSSR count). The van der Waals surface area contributed by atoms with Crippen LogP contribution in [0.15, 0.2) is 41.2 Å². The number of nitrogens with zero attached hydrogens (tertiary/aromatic N) is 2. The molecule has 0 bridgehead atoms. The van der Waals surface area contributed by atoms with E-state index in [2.05, 4.69) is 11.9 Å². The highest BCUT2D eigenvalue weighted by atomic mass is 19.1. The van der Waals surface area contributed by atoms with Crippen LogP contribution in [0.1, 0.15) is 31.7 Å². The molecule has 0 fully saturated rings. The summed E-state index contributed by atoms with van der Waals surface area (Å²) in [4.78, 5) is 15.0. The summed E-state index contributed by atoms with van der Waals surface area (Å²) >= 11 is 0. The van der Waals surface area contributed by atoms with Crippen molar-refractivity contribution in [1.29, 1.82) is 5.26 Å². The molecule has 0 aliphatic rings. The third kappa shape index (κ3) is 3.09. The highest BCUT2D eigenvalue weighted by molar-refractivity contribution is 5.82. The Morgan fingerprint density at radius 3 is 2.75 bits per heavy atom. The average Bonchev–Trinajstić information content (AvgIpc) is 2.89. The van der Waals surface area contributed by atoms with Crippen LogP contribution in [-0.2, 0) is 6.54 Å². The molecule has 0 aliphatic carbocycles. The lowest BCUT2D eigenvalue weighted by atomic mass is 10.0. The minimum absolute atomic E-state index is 0.129. The predicted molar refractivity (Wildman–Crippen MR) is 92.2 cm³/mol. The minimum Gasteiger partial charge on any atom is -0.306 e. The molecule has 0 spiro atoms. The van der Waals surface area contributed by atoms with Crippen LogP contribution in [0.4, 0.5) is 4.39 Å². The topological polar surface area (TPSA) is 61.6 Å². The standard InChI is InChI=1S/C19H18FN3O/c1-2-3-4-7-23-18-11-14(5-6-17(18)22-19(23)24)15-8-13(12-21)9-16(20)10-15/h5-6,8-11H,2-4,7H2,1H3,(H,22,24). The summed E-state index contributed by atoms with van der Waals surface area (Å²) in [7, 11) is 0. The molecule has 4 nitrogen and oxygen atoms in total. The van der Waals surface area contributed by atoms with E-state index in [-0.39, 0.29) is 11.3 Å². The van der Waals surface area contributed by atoms with E-state index >= 15 is 0 Å². The van der Waals surface area contributed by atoms with E-state index in [0.29, 0.717) is 12.1 Å². The molecule has 0 saturated heterocycles. The van der Waals surface area contributed by atoms with Gasteiger partial charge >= 0.3 is 5.69 Å². The lowest BCUT2D eigenvalue weighted by Crippen LogP contribution is -2.16. The molecule has 3 aromatic rings. The number of hydrogen-bond acceptors (Lipinski definition) is 2. The molecule has 0 unspecified atom stereocenters. The molecule has 0 radical (unpaired) electrons. The number of halogens is 1. The number of rotatable bonds is 5. The van der Waals surface area contributed by atoms with E-state index in [9.17, 15) is 9.18 Å². The van der Waals surface area contributed by atoms with E-state index in [1.54, 1.807) is 10.6 Å². The Morgan fingerprint density at radius 2 is 2.00 bits per heavy atom. The number of hydrogen-bond donors (Lipinski definition) is 1. The summed E-state index contributed by atoms with van der Waals surface area (Å²) in [6.07, 6.45) is 3.09. The second-order valence-corrected chi connectivity index (χ2v) is 5.86. The van der Waals surface area contributed by atoms with E-state index in [4.69, 9.17) is 5.26 Å². The first-order valence-electron chi connectivity index (χ1n) is 8.06. The third-order valence-corrected chi connectivity index (χ3v) is 4.12. The molecule has 0 saturated carbocycles. The lowest BCUT2D eigenvalue weighted by molar-refractivity contribution is 0.601. The van der Waals surface area contributed by atoms with Crippen LogP contribution in [0.5, 0.6) is 0 Å². The monoisotopic (exact) mass is 323 g/mol. The molecule has 5 heteroatoms. The van der Waals surface area contributed by atoms with Crippen molar-refractivity contribution in [3.05, 3.63) is 58.3 Å².